The Morgan fingerprint density at radius 3 is 2.58 bits per heavy atom. The predicted octanol–water partition coefficient (Wildman–Crippen LogP) is 6.93. The fraction of sp³-hybridized carbons (Fsp3) is 0.571. The van der Waals surface area contributed by atoms with Crippen molar-refractivity contribution in [1.82, 2.24) is 4.90 Å². The molecule has 1 saturated heterocycles. The molecule has 1 N–H and O–H groups in total. The third-order valence-electron chi connectivity index (χ3n) is 5.17. The van der Waals surface area contributed by atoms with Crippen LogP contribution in [0.3, 0.4) is 0 Å². The van der Waals surface area contributed by atoms with Gasteiger partial charge in [0.25, 0.3) is 0 Å². The number of hydrogen-bond donors (Lipinski definition) is 1. The molecule has 1 aromatic heterocycles. The van der Waals surface area contributed by atoms with Crippen LogP contribution >= 0.6 is 33.9 Å². The van der Waals surface area contributed by atoms with Gasteiger partial charge in [-0.25, -0.2) is 9.18 Å². The van der Waals surface area contributed by atoms with Crippen LogP contribution in [-0.2, 0) is 4.74 Å². The first kappa shape index (κ1) is 24.3. The van der Waals surface area contributed by atoms with Crippen molar-refractivity contribution in [2.24, 2.45) is 0 Å². The van der Waals surface area contributed by atoms with Crippen LogP contribution in [0.5, 0.6) is 0 Å². The van der Waals surface area contributed by atoms with E-state index in [1.165, 1.54) is 16.2 Å². The highest BCUT2D eigenvalue weighted by Gasteiger charge is 2.40. The van der Waals surface area contributed by atoms with Crippen molar-refractivity contribution >= 4 is 55.8 Å². The lowest BCUT2D eigenvalue weighted by Gasteiger charge is -2.36. The summed E-state index contributed by atoms with van der Waals surface area (Å²) in [6.45, 7) is 6.66. The van der Waals surface area contributed by atoms with Gasteiger partial charge < -0.3 is 15.0 Å². The molecular formula is C21H25F4IN2O2S. The topological polar surface area (TPSA) is 41.6 Å². The molecular weight excluding hydrogens is 547 g/mol. The smallest absolute Gasteiger partial charge is 0.410 e. The SMILES string of the molecule is CC(c1c(I)sc2c(NC3CCN(C(=O)OC(C)(C)C)CC3F)cccc12)C(F)(F)F. The van der Waals surface area contributed by atoms with Crippen LogP contribution in [0.1, 0.15) is 45.6 Å². The van der Waals surface area contributed by atoms with E-state index in [9.17, 15) is 22.4 Å². The highest BCUT2D eigenvalue weighted by Crippen LogP contribution is 2.45. The molecule has 1 amide bonds. The molecule has 0 saturated carbocycles. The molecule has 3 rings (SSSR count). The van der Waals surface area contributed by atoms with Crippen molar-refractivity contribution < 1.29 is 27.1 Å². The van der Waals surface area contributed by atoms with Crippen LogP contribution < -0.4 is 5.32 Å². The summed E-state index contributed by atoms with van der Waals surface area (Å²) in [6, 6.07) is 4.56. The quantitative estimate of drug-likeness (QED) is 0.321. The minimum atomic E-state index is -4.34. The number of benzene rings is 1. The predicted molar refractivity (Wildman–Crippen MR) is 124 cm³/mol. The van der Waals surface area contributed by atoms with Crippen LogP contribution in [-0.4, -0.2) is 48.1 Å². The van der Waals surface area contributed by atoms with Gasteiger partial charge in [-0.05, 0) is 73.7 Å². The van der Waals surface area contributed by atoms with Gasteiger partial charge >= 0.3 is 12.3 Å². The van der Waals surface area contributed by atoms with Gasteiger partial charge in [-0.3, -0.25) is 0 Å². The van der Waals surface area contributed by atoms with Crippen LogP contribution in [0.2, 0.25) is 0 Å². The number of ether oxygens (including phenoxy) is 1. The van der Waals surface area contributed by atoms with Gasteiger partial charge in [0, 0.05) is 6.54 Å². The third kappa shape index (κ3) is 5.55. The zero-order chi connectivity index (χ0) is 23.1. The van der Waals surface area contributed by atoms with Gasteiger partial charge in [0.1, 0.15) is 11.8 Å². The number of thiophene rings is 1. The number of halogens is 5. The maximum atomic E-state index is 14.9. The second-order valence-electron chi connectivity index (χ2n) is 8.72. The molecule has 1 fully saturated rings. The van der Waals surface area contributed by atoms with E-state index < -0.39 is 36.0 Å². The molecule has 0 radical (unpaired) electrons. The molecule has 10 heteroatoms. The maximum absolute atomic E-state index is 14.9. The second-order valence-corrected chi connectivity index (χ2v) is 11.5. The van der Waals surface area contributed by atoms with E-state index >= 15 is 0 Å². The monoisotopic (exact) mass is 572 g/mol. The standard InChI is InChI=1S/C21H25F4IN2O2S/c1-11(21(23,24)25)16-12-6-5-7-15(17(12)31-18(16)26)27-14-8-9-28(10-13(14)22)19(29)30-20(2,3)4/h5-7,11,13-14,27H,8-10H2,1-4H3. The minimum Gasteiger partial charge on any atom is -0.444 e. The number of carbonyl (C=O) groups excluding carboxylic acids is 1. The number of anilines is 1. The summed E-state index contributed by atoms with van der Waals surface area (Å²) in [4.78, 5) is 13.6. The van der Waals surface area contributed by atoms with Crippen LogP contribution in [0, 0.1) is 2.88 Å². The normalized spacial score (nSPS) is 21.3. The molecule has 3 atom stereocenters. The highest BCUT2D eigenvalue weighted by atomic mass is 127. The average Bonchev–Trinajstić information content (AvgIpc) is 2.97. The molecule has 0 aliphatic carbocycles. The van der Waals surface area contributed by atoms with Crippen molar-refractivity contribution in [3.63, 3.8) is 0 Å². The zero-order valence-corrected chi connectivity index (χ0v) is 20.6. The molecule has 0 bridgehead atoms. The summed E-state index contributed by atoms with van der Waals surface area (Å²) in [5.41, 5.74) is 0.211. The summed E-state index contributed by atoms with van der Waals surface area (Å²) < 4.78 is 61.5. The van der Waals surface area contributed by atoms with E-state index in [1.54, 1.807) is 39.0 Å². The van der Waals surface area contributed by atoms with Gasteiger partial charge in [-0.2, -0.15) is 13.2 Å². The summed E-state index contributed by atoms with van der Waals surface area (Å²) in [5.74, 6) is -1.59. The van der Waals surface area contributed by atoms with Crippen LogP contribution in [0.15, 0.2) is 18.2 Å². The lowest BCUT2D eigenvalue weighted by atomic mass is 9.99. The molecule has 4 nitrogen and oxygen atoms in total. The third-order valence-corrected chi connectivity index (χ3v) is 7.45. The number of likely N-dealkylation sites (tertiary alicyclic amines) is 1. The Kier molecular flexibility index (Phi) is 7.00. The Balaban J connectivity index is 1.78. The van der Waals surface area contributed by atoms with Gasteiger partial charge in [-0.15, -0.1) is 11.3 Å². The number of fused-ring (bicyclic) bond motifs is 1. The second kappa shape index (κ2) is 8.92. The van der Waals surface area contributed by atoms with Crippen molar-refractivity contribution in [3.8, 4) is 0 Å². The summed E-state index contributed by atoms with van der Waals surface area (Å²) in [7, 11) is 0. The van der Waals surface area contributed by atoms with E-state index in [4.69, 9.17) is 4.74 Å². The van der Waals surface area contributed by atoms with Crippen molar-refractivity contribution in [2.75, 3.05) is 18.4 Å². The molecule has 1 aliphatic heterocycles. The summed E-state index contributed by atoms with van der Waals surface area (Å²) >= 11 is 3.21. The fourth-order valence-electron chi connectivity index (χ4n) is 3.55. The van der Waals surface area contributed by atoms with E-state index in [-0.39, 0.29) is 12.1 Å². The first-order valence-corrected chi connectivity index (χ1v) is 11.8. The van der Waals surface area contributed by atoms with Crippen LogP contribution in [0.4, 0.5) is 28.0 Å². The number of nitrogens with zero attached hydrogens (tertiary/aromatic N) is 1. The van der Waals surface area contributed by atoms with E-state index in [2.05, 4.69) is 5.32 Å². The highest BCUT2D eigenvalue weighted by molar-refractivity contribution is 14.1. The molecule has 2 aromatic rings. The van der Waals surface area contributed by atoms with Crippen LogP contribution in [0.25, 0.3) is 10.1 Å². The van der Waals surface area contributed by atoms with Gasteiger partial charge in [0.15, 0.2) is 0 Å². The number of carbonyl (C=O) groups is 1. The number of alkyl halides is 4. The Hall–Kier alpha value is -1.30. The van der Waals surface area contributed by atoms with Crippen molar-refractivity contribution in [1.29, 1.82) is 0 Å². The molecule has 2 heterocycles. The molecule has 172 valence electrons. The number of nitrogens with one attached hydrogen (secondary N) is 1. The van der Waals surface area contributed by atoms with E-state index in [1.807, 2.05) is 22.6 Å². The van der Waals surface area contributed by atoms with Gasteiger partial charge in [-0.1, -0.05) is 12.1 Å². The summed E-state index contributed by atoms with van der Waals surface area (Å²) in [5, 5.41) is 3.70. The van der Waals surface area contributed by atoms with Gasteiger partial charge in [0.2, 0.25) is 0 Å². The Morgan fingerprint density at radius 1 is 1.32 bits per heavy atom. The molecule has 0 spiro atoms. The molecule has 31 heavy (non-hydrogen) atoms. The maximum Gasteiger partial charge on any atom is 0.410 e. The number of hydrogen-bond acceptors (Lipinski definition) is 4. The number of piperidine rings is 1. The molecule has 1 aliphatic rings. The Bertz CT molecular complexity index is 957. The lowest BCUT2D eigenvalue weighted by Crippen LogP contribution is -2.51. The number of amides is 1. The fourth-order valence-corrected chi connectivity index (χ4v) is 6.07. The lowest BCUT2D eigenvalue weighted by molar-refractivity contribution is -0.146. The molecule has 3 unspecified atom stereocenters. The zero-order valence-electron chi connectivity index (χ0n) is 17.6. The first-order chi connectivity index (χ1) is 14.3. The Labute approximate surface area is 196 Å². The summed E-state index contributed by atoms with van der Waals surface area (Å²) in [6.07, 6.45) is -5.85. The average molecular weight is 572 g/mol. The van der Waals surface area contributed by atoms with Crippen molar-refractivity contribution in [3.05, 3.63) is 26.6 Å². The van der Waals surface area contributed by atoms with Gasteiger partial charge in [0.05, 0.1) is 31.8 Å². The molecule has 1 aromatic carbocycles. The van der Waals surface area contributed by atoms with E-state index in [0.717, 1.165) is 6.92 Å². The van der Waals surface area contributed by atoms with E-state index in [0.29, 0.717) is 31.6 Å². The number of rotatable bonds is 3. The first-order valence-electron chi connectivity index (χ1n) is 9.94. The largest absolute Gasteiger partial charge is 0.444 e. The minimum absolute atomic E-state index is 0.0963. The van der Waals surface area contributed by atoms with Crippen molar-refractivity contribution in [2.45, 2.75) is 64.0 Å². The Morgan fingerprint density at radius 2 is 2.00 bits per heavy atom.